The molecule has 0 aliphatic carbocycles. The lowest BCUT2D eigenvalue weighted by Gasteiger charge is -2.24. The SMILES string of the molecule is CC(C)(C)SSC[C@H](N)C(=O)NCCCC[C@@H](N)C(=O)O[C@H]1[C@@H](O)[C@H](n2cnc3c(N)ncnc32)O[C@H]1COP(=O)(O)O[C@H]1C[C@H](n2ccc(N)nc2=O)O[C@@H]1COP(=O)(O)O. The monoisotopic (exact) mass is 955 g/mol. The molecular weight excluding hydrogens is 904 g/mol. The molecule has 26 nitrogen and oxygen atoms in total. The van der Waals surface area contributed by atoms with Gasteiger partial charge in [-0.2, -0.15) is 4.98 Å². The summed E-state index contributed by atoms with van der Waals surface area (Å²) in [6, 6.07) is -0.625. The van der Waals surface area contributed by atoms with Gasteiger partial charge in [0.15, 0.2) is 23.8 Å². The molecular formula is C32H51N11O15P2S2. The number of nitrogens with one attached hydrogen (secondary N) is 1. The molecule has 0 aromatic carbocycles. The van der Waals surface area contributed by atoms with Gasteiger partial charge in [-0.05, 0) is 25.3 Å². The van der Waals surface area contributed by atoms with E-state index in [0.29, 0.717) is 18.6 Å². The zero-order chi connectivity index (χ0) is 45.6. The third-order valence-corrected chi connectivity index (χ3v) is 14.0. The van der Waals surface area contributed by atoms with Crippen molar-refractivity contribution < 1.29 is 66.3 Å². The largest absolute Gasteiger partial charge is 0.472 e. The smallest absolute Gasteiger partial charge is 0.455 e. The van der Waals surface area contributed by atoms with Gasteiger partial charge < -0.3 is 62.2 Å². The quantitative estimate of drug-likeness (QED) is 0.0279. The van der Waals surface area contributed by atoms with Crippen LogP contribution in [0.3, 0.4) is 0 Å². The van der Waals surface area contributed by atoms with Gasteiger partial charge in [0.25, 0.3) is 0 Å². The van der Waals surface area contributed by atoms with Crippen LogP contribution >= 0.6 is 37.2 Å². The summed E-state index contributed by atoms with van der Waals surface area (Å²) in [5, 5.41) is 14.3. The van der Waals surface area contributed by atoms with Crippen LogP contribution < -0.4 is 33.9 Å². The van der Waals surface area contributed by atoms with E-state index in [9.17, 15) is 43.3 Å². The maximum Gasteiger partial charge on any atom is 0.472 e. The number of anilines is 2. The fourth-order valence-electron chi connectivity index (χ4n) is 6.13. The van der Waals surface area contributed by atoms with Crippen molar-refractivity contribution in [1.82, 2.24) is 34.4 Å². The van der Waals surface area contributed by atoms with Gasteiger partial charge in [-0.1, -0.05) is 42.4 Å². The van der Waals surface area contributed by atoms with Crippen molar-refractivity contribution in [3.63, 3.8) is 0 Å². The van der Waals surface area contributed by atoms with Crippen molar-refractivity contribution in [2.75, 3.05) is 37.0 Å². The second kappa shape index (κ2) is 21.1. The van der Waals surface area contributed by atoms with Gasteiger partial charge in [0.2, 0.25) is 5.91 Å². The van der Waals surface area contributed by atoms with Crippen LogP contribution in [0.5, 0.6) is 0 Å². The summed E-state index contributed by atoms with van der Waals surface area (Å²) in [5.41, 5.74) is 23.1. The normalized spacial score (nSPS) is 25.1. The van der Waals surface area contributed by atoms with E-state index >= 15 is 0 Å². The Balaban J connectivity index is 1.23. The van der Waals surface area contributed by atoms with Gasteiger partial charge in [0, 0.05) is 29.7 Å². The fourth-order valence-corrected chi connectivity index (χ4v) is 9.86. The third kappa shape index (κ3) is 13.8. The molecule has 5 rings (SSSR count). The van der Waals surface area contributed by atoms with E-state index in [4.69, 9.17) is 46.2 Å². The van der Waals surface area contributed by atoms with Crippen molar-refractivity contribution >= 4 is 71.9 Å². The van der Waals surface area contributed by atoms with E-state index in [1.165, 1.54) is 34.0 Å². The second-order valence-electron chi connectivity index (χ2n) is 15.1. The van der Waals surface area contributed by atoms with Crippen LogP contribution in [0.1, 0.15) is 58.9 Å². The number of aliphatic hydroxyl groups excluding tert-OH is 1. The van der Waals surface area contributed by atoms with Crippen LogP contribution in [0.25, 0.3) is 11.2 Å². The number of rotatable bonds is 21. The molecule has 0 spiro atoms. The number of imidazole rings is 1. The van der Waals surface area contributed by atoms with E-state index in [0.717, 1.165) is 10.9 Å². The predicted molar refractivity (Wildman–Crippen MR) is 222 cm³/mol. The highest BCUT2D eigenvalue weighted by Gasteiger charge is 2.50. The molecule has 1 unspecified atom stereocenters. The number of amides is 1. The lowest BCUT2D eigenvalue weighted by Crippen LogP contribution is -2.43. The maximum absolute atomic E-state index is 13.4. The van der Waals surface area contributed by atoms with Crippen LogP contribution in [0.15, 0.2) is 29.7 Å². The molecule has 1 amide bonds. The topological polar surface area (TPSA) is 399 Å². The van der Waals surface area contributed by atoms with Crippen LogP contribution in [-0.4, -0.2) is 134 Å². The molecule has 13 N–H and O–H groups in total. The Morgan fingerprint density at radius 2 is 1.76 bits per heavy atom. The Labute approximate surface area is 361 Å². The second-order valence-corrected chi connectivity index (χ2v) is 20.9. The molecule has 10 atom stereocenters. The van der Waals surface area contributed by atoms with Crippen molar-refractivity contribution in [3.05, 3.63) is 35.4 Å². The number of nitrogens with zero attached hydrogens (tertiary/aromatic N) is 6. The van der Waals surface area contributed by atoms with E-state index in [1.54, 1.807) is 10.8 Å². The summed E-state index contributed by atoms with van der Waals surface area (Å²) in [5.74, 6) is -0.921. The summed E-state index contributed by atoms with van der Waals surface area (Å²) in [7, 11) is -7.11. The molecule has 2 aliphatic heterocycles. The van der Waals surface area contributed by atoms with Crippen LogP contribution in [0.4, 0.5) is 11.6 Å². The predicted octanol–water partition coefficient (Wildman–Crippen LogP) is -0.562. The molecule has 3 aromatic heterocycles. The Morgan fingerprint density at radius 1 is 1.03 bits per heavy atom. The number of unbranched alkanes of at least 4 members (excludes halogenated alkanes) is 1. The van der Waals surface area contributed by atoms with Crippen molar-refractivity contribution in [2.45, 2.75) is 106 Å². The summed E-state index contributed by atoms with van der Waals surface area (Å²) in [6.07, 6.45) is -5.93. The van der Waals surface area contributed by atoms with Gasteiger partial charge in [-0.3, -0.25) is 32.3 Å². The third-order valence-electron chi connectivity index (χ3n) is 9.08. The Hall–Kier alpha value is -3.31. The fraction of sp³-hybridized carbons (Fsp3) is 0.656. The number of nitrogen functional groups attached to an aromatic ring is 2. The molecule has 0 saturated carbocycles. The highest BCUT2D eigenvalue weighted by molar-refractivity contribution is 8.77. The number of hydrogen-bond donors (Lipinski definition) is 9. The first-order valence-corrected chi connectivity index (χ1v) is 24.3. The molecule has 346 valence electrons. The molecule has 2 aliphatic rings. The summed E-state index contributed by atoms with van der Waals surface area (Å²) < 4.78 is 59.7. The molecule has 3 aromatic rings. The minimum absolute atomic E-state index is 0.0131. The molecule has 0 bridgehead atoms. The van der Waals surface area contributed by atoms with E-state index < -0.39 is 95.6 Å². The first-order chi connectivity index (χ1) is 29.0. The van der Waals surface area contributed by atoms with Gasteiger partial charge in [-0.15, -0.1) is 0 Å². The van der Waals surface area contributed by atoms with E-state index in [2.05, 4.69) is 50.5 Å². The van der Waals surface area contributed by atoms with Gasteiger partial charge >= 0.3 is 27.3 Å². The Morgan fingerprint density at radius 3 is 2.45 bits per heavy atom. The number of carbonyl (C=O) groups excluding carboxylic acids is 2. The molecule has 0 radical (unpaired) electrons. The van der Waals surface area contributed by atoms with E-state index in [-0.39, 0.29) is 52.8 Å². The Kier molecular flexibility index (Phi) is 16.9. The van der Waals surface area contributed by atoms with E-state index in [1.807, 2.05) is 0 Å². The zero-order valence-electron chi connectivity index (χ0n) is 33.6. The number of aliphatic hydroxyl groups is 1. The molecule has 62 heavy (non-hydrogen) atoms. The van der Waals surface area contributed by atoms with Crippen molar-refractivity contribution in [3.8, 4) is 0 Å². The average molecular weight is 956 g/mol. The van der Waals surface area contributed by atoms with Gasteiger partial charge in [0.05, 0.1) is 25.6 Å². The van der Waals surface area contributed by atoms with Crippen LogP contribution in [-0.2, 0) is 46.5 Å². The lowest BCUT2D eigenvalue weighted by molar-refractivity contribution is -0.158. The van der Waals surface area contributed by atoms with Gasteiger partial charge in [0.1, 0.15) is 54.3 Å². The van der Waals surface area contributed by atoms with Crippen molar-refractivity contribution in [1.29, 1.82) is 0 Å². The number of esters is 1. The molecule has 5 heterocycles. The van der Waals surface area contributed by atoms with Gasteiger partial charge in [-0.25, -0.2) is 28.9 Å². The summed E-state index contributed by atoms with van der Waals surface area (Å²) in [4.78, 5) is 83.4. The number of carbonyl (C=O) groups is 2. The number of hydrogen-bond acceptors (Lipinski definition) is 22. The van der Waals surface area contributed by atoms with Crippen LogP contribution in [0, 0.1) is 0 Å². The molecule has 30 heteroatoms. The first-order valence-electron chi connectivity index (χ1n) is 18.9. The van der Waals surface area contributed by atoms with Crippen molar-refractivity contribution in [2.24, 2.45) is 11.5 Å². The highest BCUT2D eigenvalue weighted by atomic mass is 33.1. The molecule has 2 fully saturated rings. The number of aromatic nitrogens is 6. The minimum atomic E-state index is -5.18. The number of nitrogens with two attached hydrogens (primary N) is 4. The lowest BCUT2D eigenvalue weighted by atomic mass is 10.1. The maximum atomic E-state index is 13.4. The summed E-state index contributed by atoms with van der Waals surface area (Å²) in [6.45, 7) is 4.75. The first kappa shape index (κ1) is 49.7. The zero-order valence-corrected chi connectivity index (χ0v) is 37.1. The average Bonchev–Trinajstić information content (AvgIpc) is 3.87. The highest BCUT2D eigenvalue weighted by Crippen LogP contribution is 2.50. The minimum Gasteiger partial charge on any atom is -0.455 e. The standard InChI is InChI=1S/C32H51N11O15P2S2/c1-32(2,3)62-61-13-17(34)28(45)37-8-5-4-6-16(33)30(46)57-25-20(56-29(24(25)44)43-15-40-23-26(36)38-14-39-27(23)43)12-54-60(51,52)58-18-10-22(42-9-7-21(35)41-31(42)47)55-19(18)11-53-59(48,49)50/h7,9,14-20,22,24-25,29,44H,4-6,8,10-13,33-34H2,1-3H3,(H,37,45)(H,51,52)(H2,35,41,47)(H2,36,38,39)(H2,48,49,50)/t16-,17+,18+,19-,20+,22-,24-,25-,29-/m1/s1. The number of ether oxygens (including phenoxy) is 3. The number of fused-ring (bicyclic) bond motifs is 1. The van der Waals surface area contributed by atoms with Crippen LogP contribution in [0.2, 0.25) is 0 Å². The Bertz CT molecular complexity index is 2180. The number of phosphoric ester groups is 2. The summed E-state index contributed by atoms with van der Waals surface area (Å²) >= 11 is 0. The molecule has 2 saturated heterocycles. The number of phosphoric acid groups is 2.